The maximum atomic E-state index is 12.8. The van der Waals surface area contributed by atoms with E-state index >= 15 is 0 Å². The second-order valence-corrected chi connectivity index (χ2v) is 8.05. The molecule has 0 N–H and O–H groups in total. The number of aryl methyl sites for hydroxylation is 1. The molecule has 2 aliphatic heterocycles. The van der Waals surface area contributed by atoms with Gasteiger partial charge < -0.3 is 14.2 Å². The van der Waals surface area contributed by atoms with Crippen LogP contribution in [-0.4, -0.2) is 70.2 Å². The molecule has 32 heavy (non-hydrogen) atoms. The first-order chi connectivity index (χ1) is 15.5. The largest absolute Gasteiger partial charge is 0.422 e. The van der Waals surface area contributed by atoms with Crippen LogP contribution in [-0.2, 0) is 4.79 Å². The van der Waals surface area contributed by atoms with Gasteiger partial charge >= 0.3 is 0 Å². The molecule has 0 atom stereocenters. The lowest BCUT2D eigenvalue weighted by Crippen LogP contribution is -2.38. The van der Waals surface area contributed by atoms with Crippen molar-refractivity contribution >= 4 is 35.0 Å². The van der Waals surface area contributed by atoms with Crippen LogP contribution in [0, 0.1) is 6.92 Å². The number of hydrogen-bond acceptors (Lipinski definition) is 7. The third-order valence-corrected chi connectivity index (χ3v) is 5.93. The molecular formula is C23H23N5O4. The normalized spacial score (nSPS) is 16.6. The number of carbonyl (C=O) groups is 3. The van der Waals surface area contributed by atoms with Gasteiger partial charge in [0, 0.05) is 44.8 Å². The number of oxazole rings is 1. The van der Waals surface area contributed by atoms with Crippen molar-refractivity contribution in [2.75, 3.05) is 37.6 Å². The molecule has 2 aliphatic rings. The quantitative estimate of drug-likeness (QED) is 0.582. The van der Waals surface area contributed by atoms with Crippen molar-refractivity contribution in [2.45, 2.75) is 19.8 Å². The van der Waals surface area contributed by atoms with E-state index in [9.17, 15) is 14.4 Å². The maximum absolute atomic E-state index is 12.8. The number of imide groups is 1. The molecule has 1 saturated heterocycles. The van der Waals surface area contributed by atoms with Crippen LogP contribution >= 0.6 is 0 Å². The van der Waals surface area contributed by atoms with E-state index in [2.05, 4.69) is 9.97 Å². The first-order valence-electron chi connectivity index (χ1n) is 10.7. The minimum Gasteiger partial charge on any atom is -0.422 e. The van der Waals surface area contributed by atoms with Crippen LogP contribution in [0.25, 0.3) is 11.2 Å². The number of nitrogens with zero attached hydrogens (tertiary/aromatic N) is 5. The standard InChI is InChI=1S/C23H23N5O4/c1-15-7-8-18-20(24-15)25-23(32-18)27-11-4-10-26(13-14-27)19(29)9-12-28-21(30)16-5-2-3-6-17(16)22(28)31/h2-3,5-8H,4,9-14H2,1H3. The number of carbonyl (C=O) groups excluding carboxylic acids is 3. The zero-order valence-electron chi connectivity index (χ0n) is 17.8. The van der Waals surface area contributed by atoms with Gasteiger partial charge in [-0.1, -0.05) is 12.1 Å². The molecule has 0 bridgehead atoms. The summed E-state index contributed by atoms with van der Waals surface area (Å²) in [6, 6.07) is 11.0. The number of aromatic nitrogens is 2. The van der Waals surface area contributed by atoms with Crippen molar-refractivity contribution in [3.8, 4) is 0 Å². The molecule has 0 radical (unpaired) electrons. The Bertz CT molecular complexity index is 1190. The molecule has 0 aliphatic carbocycles. The van der Waals surface area contributed by atoms with E-state index in [-0.39, 0.29) is 30.7 Å². The highest BCUT2D eigenvalue weighted by Gasteiger charge is 2.35. The Kier molecular flexibility index (Phi) is 5.08. The average molecular weight is 433 g/mol. The van der Waals surface area contributed by atoms with E-state index < -0.39 is 0 Å². The lowest BCUT2D eigenvalue weighted by atomic mass is 10.1. The fraction of sp³-hybridized carbons (Fsp3) is 0.348. The third-order valence-electron chi connectivity index (χ3n) is 5.93. The lowest BCUT2D eigenvalue weighted by molar-refractivity contribution is -0.131. The highest BCUT2D eigenvalue weighted by Crippen LogP contribution is 2.24. The topological polar surface area (TPSA) is 99.9 Å². The van der Waals surface area contributed by atoms with Crippen LogP contribution in [0.15, 0.2) is 40.8 Å². The van der Waals surface area contributed by atoms with Gasteiger partial charge in [-0.2, -0.15) is 4.98 Å². The van der Waals surface area contributed by atoms with E-state index in [1.54, 1.807) is 29.2 Å². The summed E-state index contributed by atoms with van der Waals surface area (Å²) in [6.45, 7) is 4.42. The molecule has 3 aromatic rings. The van der Waals surface area contributed by atoms with Gasteiger partial charge in [0.15, 0.2) is 5.58 Å². The molecule has 1 fully saturated rings. The number of pyridine rings is 1. The van der Waals surface area contributed by atoms with Crippen LogP contribution in [0.2, 0.25) is 0 Å². The van der Waals surface area contributed by atoms with E-state index in [4.69, 9.17) is 4.42 Å². The van der Waals surface area contributed by atoms with Crippen molar-refractivity contribution in [2.24, 2.45) is 0 Å². The minimum atomic E-state index is -0.333. The summed E-state index contributed by atoms with van der Waals surface area (Å²) in [7, 11) is 0. The van der Waals surface area contributed by atoms with Crippen molar-refractivity contribution in [1.82, 2.24) is 19.8 Å². The molecule has 9 heteroatoms. The summed E-state index contributed by atoms with van der Waals surface area (Å²) < 4.78 is 5.85. The molecule has 164 valence electrons. The summed E-state index contributed by atoms with van der Waals surface area (Å²) in [5.41, 5.74) is 2.90. The van der Waals surface area contributed by atoms with Gasteiger partial charge in [-0.15, -0.1) is 0 Å². The van der Waals surface area contributed by atoms with Crippen LogP contribution < -0.4 is 4.90 Å². The van der Waals surface area contributed by atoms with E-state index in [1.165, 1.54) is 4.90 Å². The Hall–Kier alpha value is -3.75. The van der Waals surface area contributed by atoms with Gasteiger partial charge in [0.25, 0.3) is 17.8 Å². The van der Waals surface area contributed by atoms with Gasteiger partial charge in [-0.05, 0) is 37.6 Å². The molecule has 2 aromatic heterocycles. The number of hydrogen-bond donors (Lipinski definition) is 0. The first-order valence-corrected chi connectivity index (χ1v) is 10.7. The van der Waals surface area contributed by atoms with Crippen molar-refractivity contribution in [3.05, 3.63) is 53.2 Å². The zero-order chi connectivity index (χ0) is 22.2. The smallest absolute Gasteiger partial charge is 0.300 e. The van der Waals surface area contributed by atoms with Gasteiger partial charge in [0.1, 0.15) is 0 Å². The average Bonchev–Trinajstić information content (AvgIpc) is 3.19. The molecule has 3 amide bonds. The van der Waals surface area contributed by atoms with Crippen LogP contribution in [0.5, 0.6) is 0 Å². The van der Waals surface area contributed by atoms with Gasteiger partial charge in [-0.25, -0.2) is 4.98 Å². The van der Waals surface area contributed by atoms with Crippen LogP contribution in [0.4, 0.5) is 6.01 Å². The van der Waals surface area contributed by atoms with E-state index in [0.29, 0.717) is 54.6 Å². The van der Waals surface area contributed by atoms with Crippen molar-refractivity contribution < 1.29 is 18.8 Å². The number of rotatable bonds is 4. The second kappa shape index (κ2) is 8.07. The van der Waals surface area contributed by atoms with Gasteiger partial charge in [0.05, 0.1) is 11.1 Å². The summed E-state index contributed by atoms with van der Waals surface area (Å²) in [6.07, 6.45) is 0.876. The fourth-order valence-electron chi connectivity index (χ4n) is 4.20. The second-order valence-electron chi connectivity index (χ2n) is 8.05. The molecule has 4 heterocycles. The SMILES string of the molecule is Cc1ccc2oc(N3CCCN(C(=O)CCN4C(=O)c5ccccc5C4=O)CC3)nc2n1. The maximum Gasteiger partial charge on any atom is 0.300 e. The molecule has 0 saturated carbocycles. The Morgan fingerprint density at radius 2 is 1.72 bits per heavy atom. The molecule has 0 unspecified atom stereocenters. The lowest BCUT2D eigenvalue weighted by Gasteiger charge is -2.22. The monoisotopic (exact) mass is 433 g/mol. The zero-order valence-corrected chi connectivity index (χ0v) is 17.8. The summed E-state index contributed by atoms with van der Waals surface area (Å²) in [5, 5.41) is 0. The number of benzene rings is 1. The highest BCUT2D eigenvalue weighted by molar-refractivity contribution is 6.21. The number of fused-ring (bicyclic) bond motifs is 2. The van der Waals surface area contributed by atoms with Crippen molar-refractivity contribution in [1.29, 1.82) is 0 Å². The van der Waals surface area contributed by atoms with Crippen LogP contribution in [0.3, 0.4) is 0 Å². The molecular weight excluding hydrogens is 410 g/mol. The Morgan fingerprint density at radius 1 is 0.969 bits per heavy atom. The predicted molar refractivity (Wildman–Crippen MR) is 116 cm³/mol. The number of anilines is 1. The molecule has 9 nitrogen and oxygen atoms in total. The molecule has 0 spiro atoms. The number of amides is 3. The highest BCUT2D eigenvalue weighted by atomic mass is 16.4. The third kappa shape index (κ3) is 3.59. The van der Waals surface area contributed by atoms with E-state index in [1.807, 2.05) is 24.0 Å². The van der Waals surface area contributed by atoms with Gasteiger partial charge in [-0.3, -0.25) is 19.3 Å². The fourth-order valence-corrected chi connectivity index (χ4v) is 4.20. The van der Waals surface area contributed by atoms with Crippen molar-refractivity contribution in [3.63, 3.8) is 0 Å². The Balaban J connectivity index is 1.20. The predicted octanol–water partition coefficient (Wildman–Crippen LogP) is 2.26. The summed E-state index contributed by atoms with van der Waals surface area (Å²) >= 11 is 0. The van der Waals surface area contributed by atoms with Crippen LogP contribution in [0.1, 0.15) is 39.3 Å². The summed E-state index contributed by atoms with van der Waals surface area (Å²) in [5.74, 6) is -0.737. The molecule has 5 rings (SSSR count). The summed E-state index contributed by atoms with van der Waals surface area (Å²) in [4.78, 5) is 51.7. The van der Waals surface area contributed by atoms with Gasteiger partial charge in [0.2, 0.25) is 11.6 Å². The molecule has 1 aromatic carbocycles. The Labute approximate surface area is 184 Å². The van der Waals surface area contributed by atoms with E-state index in [0.717, 1.165) is 12.1 Å². The Morgan fingerprint density at radius 3 is 2.47 bits per heavy atom. The first kappa shape index (κ1) is 20.2. The minimum absolute atomic E-state index is 0.0711.